The third kappa shape index (κ3) is 2.28. The molecule has 1 aromatic carbocycles. The van der Waals surface area contributed by atoms with Gasteiger partial charge in [-0.25, -0.2) is 0 Å². The van der Waals surface area contributed by atoms with E-state index in [1.165, 1.54) is 0 Å². The molecule has 0 saturated heterocycles. The lowest BCUT2D eigenvalue weighted by Crippen LogP contribution is -2.01. The molecule has 2 aromatic rings. The molecule has 1 heterocycles. The van der Waals surface area contributed by atoms with E-state index < -0.39 is 0 Å². The summed E-state index contributed by atoms with van der Waals surface area (Å²) in [6.45, 7) is 0.703. The lowest BCUT2D eigenvalue weighted by Gasteiger charge is -2.04. The summed E-state index contributed by atoms with van der Waals surface area (Å²) in [6, 6.07) is 9.67. The maximum Gasteiger partial charge on any atom is 0.145 e. The monoisotopic (exact) mass is 203 g/mol. The molecule has 78 valence electrons. The number of methoxy groups -OCH3 is 1. The van der Waals surface area contributed by atoms with E-state index in [0.29, 0.717) is 12.4 Å². The summed E-state index contributed by atoms with van der Waals surface area (Å²) < 4.78 is 6.94. The van der Waals surface area contributed by atoms with Crippen LogP contribution in [0.1, 0.15) is 5.56 Å². The molecule has 4 heteroatoms. The molecule has 15 heavy (non-hydrogen) atoms. The van der Waals surface area contributed by atoms with Gasteiger partial charge in [-0.2, -0.15) is 5.10 Å². The first-order valence-electron chi connectivity index (χ1n) is 4.70. The molecule has 2 rings (SSSR count). The van der Waals surface area contributed by atoms with Crippen molar-refractivity contribution in [2.45, 2.75) is 6.54 Å². The van der Waals surface area contributed by atoms with Crippen LogP contribution in [0.3, 0.4) is 0 Å². The summed E-state index contributed by atoms with van der Waals surface area (Å²) in [5.74, 6) is 1.39. The standard InChI is InChI=1S/C11H13N3O/c1-15-10-4-2-3-9(7-10)8-14-6-5-11(12)13-14/h2-7H,8H2,1H3,(H2,12,13). The second-order valence-electron chi connectivity index (χ2n) is 3.29. The van der Waals surface area contributed by atoms with Crippen LogP contribution in [0.5, 0.6) is 5.75 Å². The Balaban J connectivity index is 2.16. The van der Waals surface area contributed by atoms with Gasteiger partial charge in [-0.05, 0) is 23.8 Å². The number of anilines is 1. The summed E-state index contributed by atoms with van der Waals surface area (Å²) in [7, 11) is 1.66. The first-order valence-corrected chi connectivity index (χ1v) is 4.70. The van der Waals surface area contributed by atoms with E-state index in [2.05, 4.69) is 5.10 Å². The van der Waals surface area contributed by atoms with Crippen molar-refractivity contribution in [2.24, 2.45) is 0 Å². The first-order chi connectivity index (χ1) is 7.28. The van der Waals surface area contributed by atoms with E-state index in [0.717, 1.165) is 11.3 Å². The zero-order valence-corrected chi connectivity index (χ0v) is 8.55. The van der Waals surface area contributed by atoms with Crippen molar-refractivity contribution in [3.63, 3.8) is 0 Å². The van der Waals surface area contributed by atoms with Gasteiger partial charge in [-0.1, -0.05) is 12.1 Å². The Morgan fingerprint density at radius 2 is 2.27 bits per heavy atom. The van der Waals surface area contributed by atoms with Gasteiger partial charge in [0.05, 0.1) is 13.7 Å². The Morgan fingerprint density at radius 3 is 2.93 bits per heavy atom. The molecule has 0 spiro atoms. The summed E-state index contributed by atoms with van der Waals surface area (Å²) in [5.41, 5.74) is 6.67. The molecule has 0 bridgehead atoms. The number of ether oxygens (including phenoxy) is 1. The van der Waals surface area contributed by atoms with Crippen molar-refractivity contribution in [3.8, 4) is 5.75 Å². The molecule has 0 aliphatic rings. The number of benzene rings is 1. The van der Waals surface area contributed by atoms with Crippen LogP contribution in [-0.2, 0) is 6.54 Å². The van der Waals surface area contributed by atoms with Crippen LogP contribution in [-0.4, -0.2) is 16.9 Å². The van der Waals surface area contributed by atoms with E-state index >= 15 is 0 Å². The van der Waals surface area contributed by atoms with Gasteiger partial charge < -0.3 is 10.5 Å². The number of hydrogen-bond donors (Lipinski definition) is 1. The second kappa shape index (κ2) is 4.04. The van der Waals surface area contributed by atoms with E-state index in [4.69, 9.17) is 10.5 Å². The number of hydrogen-bond acceptors (Lipinski definition) is 3. The van der Waals surface area contributed by atoms with E-state index in [1.54, 1.807) is 17.9 Å². The second-order valence-corrected chi connectivity index (χ2v) is 3.29. The minimum atomic E-state index is 0.540. The van der Waals surface area contributed by atoms with E-state index in [1.807, 2.05) is 30.5 Å². The van der Waals surface area contributed by atoms with Gasteiger partial charge >= 0.3 is 0 Å². The minimum Gasteiger partial charge on any atom is -0.497 e. The van der Waals surface area contributed by atoms with Crippen molar-refractivity contribution in [2.75, 3.05) is 12.8 Å². The molecule has 0 radical (unpaired) electrons. The zero-order valence-electron chi connectivity index (χ0n) is 8.55. The van der Waals surface area contributed by atoms with Crippen LogP contribution >= 0.6 is 0 Å². The summed E-state index contributed by atoms with van der Waals surface area (Å²) in [4.78, 5) is 0. The van der Waals surface area contributed by atoms with Gasteiger partial charge in [0, 0.05) is 6.20 Å². The smallest absolute Gasteiger partial charge is 0.145 e. The largest absolute Gasteiger partial charge is 0.497 e. The molecular formula is C11H13N3O. The van der Waals surface area contributed by atoms with Gasteiger partial charge in [0.15, 0.2) is 0 Å². The number of nitrogens with zero attached hydrogens (tertiary/aromatic N) is 2. The lowest BCUT2D eigenvalue weighted by molar-refractivity contribution is 0.414. The van der Waals surface area contributed by atoms with E-state index in [9.17, 15) is 0 Å². The van der Waals surface area contributed by atoms with E-state index in [-0.39, 0.29) is 0 Å². The SMILES string of the molecule is COc1cccc(Cn2ccc(N)n2)c1. The minimum absolute atomic E-state index is 0.540. The van der Waals surface area contributed by atoms with Crippen LogP contribution < -0.4 is 10.5 Å². The maximum atomic E-state index is 5.53. The highest BCUT2D eigenvalue weighted by atomic mass is 16.5. The first kappa shape index (κ1) is 9.58. The van der Waals surface area contributed by atoms with Crippen molar-refractivity contribution in [3.05, 3.63) is 42.1 Å². The highest BCUT2D eigenvalue weighted by Crippen LogP contribution is 2.13. The Kier molecular flexibility index (Phi) is 2.58. The fraction of sp³-hybridized carbons (Fsp3) is 0.182. The Hall–Kier alpha value is -1.97. The van der Waals surface area contributed by atoms with Gasteiger partial charge in [0.25, 0.3) is 0 Å². The molecular weight excluding hydrogens is 190 g/mol. The summed E-state index contributed by atoms with van der Waals surface area (Å²) in [5, 5.41) is 4.12. The molecule has 1 aromatic heterocycles. The van der Waals surface area contributed by atoms with Crippen LogP contribution in [0.25, 0.3) is 0 Å². The van der Waals surface area contributed by atoms with Crippen LogP contribution in [0.4, 0.5) is 5.82 Å². The quantitative estimate of drug-likeness (QED) is 0.822. The van der Waals surface area contributed by atoms with Gasteiger partial charge in [-0.15, -0.1) is 0 Å². The lowest BCUT2D eigenvalue weighted by atomic mass is 10.2. The normalized spacial score (nSPS) is 10.2. The number of nitrogens with two attached hydrogens (primary N) is 1. The van der Waals surface area contributed by atoms with Crippen molar-refractivity contribution in [1.82, 2.24) is 9.78 Å². The van der Waals surface area contributed by atoms with Crippen molar-refractivity contribution in [1.29, 1.82) is 0 Å². The number of nitrogen functional groups attached to an aromatic ring is 1. The average molecular weight is 203 g/mol. The predicted octanol–water partition coefficient (Wildman–Crippen LogP) is 1.52. The molecule has 0 saturated carbocycles. The predicted molar refractivity (Wildman–Crippen MR) is 58.7 cm³/mol. The highest BCUT2D eigenvalue weighted by Gasteiger charge is 1.98. The average Bonchev–Trinajstić information content (AvgIpc) is 2.64. The van der Waals surface area contributed by atoms with Gasteiger partial charge in [-0.3, -0.25) is 4.68 Å². The Labute approximate surface area is 88.3 Å². The Bertz CT molecular complexity index is 451. The van der Waals surface area contributed by atoms with Crippen LogP contribution in [0.2, 0.25) is 0 Å². The summed E-state index contributed by atoms with van der Waals surface area (Å²) >= 11 is 0. The fourth-order valence-corrected chi connectivity index (χ4v) is 1.42. The molecule has 0 amide bonds. The van der Waals surface area contributed by atoms with Crippen LogP contribution in [0, 0.1) is 0 Å². The molecule has 2 N–H and O–H groups in total. The molecule has 0 aliphatic carbocycles. The number of aromatic nitrogens is 2. The van der Waals surface area contributed by atoms with Crippen LogP contribution in [0.15, 0.2) is 36.5 Å². The molecule has 0 unspecified atom stereocenters. The van der Waals surface area contributed by atoms with Crippen molar-refractivity contribution >= 4 is 5.82 Å². The highest BCUT2D eigenvalue weighted by molar-refractivity contribution is 5.29. The van der Waals surface area contributed by atoms with Gasteiger partial charge in [0.2, 0.25) is 0 Å². The summed E-state index contributed by atoms with van der Waals surface area (Å²) in [6.07, 6.45) is 1.86. The zero-order chi connectivity index (χ0) is 10.7. The third-order valence-electron chi connectivity index (χ3n) is 2.14. The molecule has 0 atom stereocenters. The van der Waals surface area contributed by atoms with Crippen molar-refractivity contribution < 1.29 is 4.74 Å². The Morgan fingerprint density at radius 1 is 1.40 bits per heavy atom. The molecule has 0 aliphatic heterocycles. The molecule has 4 nitrogen and oxygen atoms in total. The maximum absolute atomic E-state index is 5.53. The fourth-order valence-electron chi connectivity index (χ4n) is 1.42. The third-order valence-corrected chi connectivity index (χ3v) is 2.14. The topological polar surface area (TPSA) is 53.1 Å². The molecule has 0 fully saturated rings. The number of rotatable bonds is 3. The van der Waals surface area contributed by atoms with Gasteiger partial charge in [0.1, 0.15) is 11.6 Å².